The summed E-state index contributed by atoms with van der Waals surface area (Å²) in [6.07, 6.45) is 1.43. The van der Waals surface area contributed by atoms with E-state index in [1.807, 2.05) is 84.9 Å². The molecule has 0 aromatic heterocycles. The summed E-state index contributed by atoms with van der Waals surface area (Å²) in [6.45, 7) is 0.779. The van der Waals surface area contributed by atoms with Crippen LogP contribution in [0, 0.1) is 0 Å². The van der Waals surface area contributed by atoms with Gasteiger partial charge in [-0.25, -0.2) is 0 Å². The van der Waals surface area contributed by atoms with Gasteiger partial charge in [0.15, 0.2) is 13.2 Å². The van der Waals surface area contributed by atoms with Gasteiger partial charge in [-0.2, -0.15) is 0 Å². The molecular formula is C32H32N2O6. The number of ether oxygens (including phenoxy) is 4. The molecule has 0 bridgehead atoms. The number of rotatable bonds is 15. The number of benzene rings is 4. The molecule has 0 aliphatic carbocycles. The summed E-state index contributed by atoms with van der Waals surface area (Å²) < 4.78 is 22.7. The molecule has 0 saturated heterocycles. The number of carbonyl (C=O) groups is 2. The zero-order valence-corrected chi connectivity index (χ0v) is 22.1. The van der Waals surface area contributed by atoms with E-state index >= 15 is 0 Å². The fourth-order valence-electron chi connectivity index (χ4n) is 3.61. The molecule has 4 aromatic carbocycles. The highest BCUT2D eigenvalue weighted by atomic mass is 16.5. The molecule has 2 amide bonds. The first-order valence-electron chi connectivity index (χ1n) is 13.1. The average Bonchev–Trinajstić information content (AvgIpc) is 2.98. The minimum Gasteiger partial charge on any atom is -0.484 e. The van der Waals surface area contributed by atoms with Gasteiger partial charge < -0.3 is 29.6 Å². The second kappa shape index (κ2) is 15.4. The second-order valence-electron chi connectivity index (χ2n) is 8.76. The molecule has 206 valence electrons. The van der Waals surface area contributed by atoms with Crippen LogP contribution in [-0.4, -0.2) is 38.1 Å². The zero-order valence-electron chi connectivity index (χ0n) is 22.1. The number of hydrogen-bond donors (Lipinski definition) is 2. The fraction of sp³-hybridized carbons (Fsp3) is 0.188. The summed E-state index contributed by atoms with van der Waals surface area (Å²) in [7, 11) is 0. The predicted molar refractivity (Wildman–Crippen MR) is 152 cm³/mol. The highest BCUT2D eigenvalue weighted by Crippen LogP contribution is 2.26. The molecule has 0 spiro atoms. The van der Waals surface area contributed by atoms with E-state index in [4.69, 9.17) is 18.9 Å². The number of unbranched alkanes of at least 4 members (excludes halogenated alkanes) is 1. The van der Waals surface area contributed by atoms with E-state index in [-0.39, 0.29) is 25.0 Å². The van der Waals surface area contributed by atoms with E-state index in [1.165, 1.54) is 0 Å². The van der Waals surface area contributed by atoms with Crippen LogP contribution in [0.15, 0.2) is 109 Å². The van der Waals surface area contributed by atoms with Crippen molar-refractivity contribution in [3.8, 4) is 34.5 Å². The fourth-order valence-corrected chi connectivity index (χ4v) is 3.61. The molecule has 0 aliphatic rings. The van der Waals surface area contributed by atoms with Gasteiger partial charge in [-0.3, -0.25) is 9.59 Å². The Balaban J connectivity index is 1.05. The maximum absolute atomic E-state index is 12.1. The molecule has 0 saturated carbocycles. The first-order valence-corrected chi connectivity index (χ1v) is 13.1. The molecule has 4 rings (SSSR count). The lowest BCUT2D eigenvalue weighted by Crippen LogP contribution is -2.32. The molecule has 0 radical (unpaired) electrons. The zero-order chi connectivity index (χ0) is 27.8. The minimum atomic E-state index is -0.217. The number of nitrogens with one attached hydrogen (secondary N) is 2. The van der Waals surface area contributed by atoms with Crippen LogP contribution in [0.25, 0.3) is 0 Å². The van der Waals surface area contributed by atoms with Crippen LogP contribution >= 0.6 is 0 Å². The third kappa shape index (κ3) is 10.1. The summed E-state index contributed by atoms with van der Waals surface area (Å²) in [6, 6.07) is 33.2. The van der Waals surface area contributed by atoms with E-state index in [2.05, 4.69) is 10.6 Å². The Hall–Kier alpha value is -4.98. The lowest BCUT2D eigenvalue weighted by Gasteiger charge is -2.10. The lowest BCUT2D eigenvalue weighted by molar-refractivity contribution is -0.124. The highest BCUT2D eigenvalue weighted by Gasteiger charge is 2.06. The van der Waals surface area contributed by atoms with Crippen LogP contribution in [0.1, 0.15) is 12.8 Å². The van der Waals surface area contributed by atoms with Gasteiger partial charge in [0.25, 0.3) is 11.8 Å². The summed E-state index contributed by atoms with van der Waals surface area (Å²) in [4.78, 5) is 24.2. The monoisotopic (exact) mass is 540 g/mol. The van der Waals surface area contributed by atoms with Gasteiger partial charge in [0.1, 0.15) is 34.5 Å². The van der Waals surface area contributed by atoms with Crippen molar-refractivity contribution in [1.82, 2.24) is 10.6 Å². The first-order chi connectivity index (χ1) is 19.6. The molecule has 4 aromatic rings. The van der Waals surface area contributed by atoms with Crippen molar-refractivity contribution in [3.05, 3.63) is 109 Å². The molecule has 40 heavy (non-hydrogen) atoms. The van der Waals surface area contributed by atoms with Crippen molar-refractivity contribution in [3.63, 3.8) is 0 Å². The maximum Gasteiger partial charge on any atom is 0.257 e. The molecule has 0 unspecified atom stereocenters. The Labute approximate surface area is 233 Å². The Morgan fingerprint density at radius 3 is 1.27 bits per heavy atom. The van der Waals surface area contributed by atoms with Crippen molar-refractivity contribution in [2.45, 2.75) is 12.8 Å². The van der Waals surface area contributed by atoms with Crippen LogP contribution in [0.3, 0.4) is 0 Å². The third-order valence-corrected chi connectivity index (χ3v) is 5.56. The van der Waals surface area contributed by atoms with Gasteiger partial charge in [0.05, 0.1) is 0 Å². The van der Waals surface area contributed by atoms with Crippen molar-refractivity contribution in [1.29, 1.82) is 0 Å². The molecule has 0 fully saturated rings. The van der Waals surface area contributed by atoms with E-state index in [1.54, 1.807) is 24.3 Å². The van der Waals surface area contributed by atoms with Crippen LogP contribution in [-0.2, 0) is 9.59 Å². The van der Waals surface area contributed by atoms with Gasteiger partial charge in [0.2, 0.25) is 0 Å². The van der Waals surface area contributed by atoms with Gasteiger partial charge in [0, 0.05) is 25.2 Å². The van der Waals surface area contributed by atoms with Crippen molar-refractivity contribution in [2.24, 2.45) is 0 Å². The summed E-state index contributed by atoms with van der Waals surface area (Å²) in [5.74, 6) is 3.36. The normalized spacial score (nSPS) is 10.3. The Bertz CT molecular complexity index is 1240. The Morgan fingerprint density at radius 1 is 0.475 bits per heavy atom. The summed E-state index contributed by atoms with van der Waals surface area (Å²) in [5.41, 5.74) is 0. The Kier molecular flexibility index (Phi) is 10.8. The SMILES string of the molecule is O=C(COc1cccc(Oc2ccccc2)c1)NCCCCNC(=O)COc1cccc(Oc2ccccc2)c1. The largest absolute Gasteiger partial charge is 0.484 e. The van der Waals surface area contributed by atoms with Crippen LogP contribution < -0.4 is 29.6 Å². The molecule has 0 heterocycles. The molecule has 0 atom stereocenters. The molecular weight excluding hydrogens is 508 g/mol. The number of carbonyl (C=O) groups excluding carboxylic acids is 2. The maximum atomic E-state index is 12.1. The van der Waals surface area contributed by atoms with E-state index in [0.717, 1.165) is 11.5 Å². The van der Waals surface area contributed by atoms with Gasteiger partial charge in [-0.1, -0.05) is 48.5 Å². The predicted octanol–water partition coefficient (Wildman–Crippen LogP) is 5.74. The van der Waals surface area contributed by atoms with Crippen molar-refractivity contribution in [2.75, 3.05) is 26.3 Å². The van der Waals surface area contributed by atoms with E-state index in [9.17, 15) is 9.59 Å². The van der Waals surface area contributed by atoms with Crippen LogP contribution in [0.2, 0.25) is 0 Å². The van der Waals surface area contributed by atoms with Crippen LogP contribution in [0.4, 0.5) is 0 Å². The minimum absolute atomic E-state index is 0.0968. The second-order valence-corrected chi connectivity index (χ2v) is 8.76. The summed E-state index contributed by atoms with van der Waals surface area (Å²) >= 11 is 0. The van der Waals surface area contributed by atoms with E-state index in [0.29, 0.717) is 48.9 Å². The topological polar surface area (TPSA) is 95.1 Å². The third-order valence-electron chi connectivity index (χ3n) is 5.56. The molecule has 8 heteroatoms. The first kappa shape index (κ1) is 28.0. The van der Waals surface area contributed by atoms with Crippen molar-refractivity contribution < 1.29 is 28.5 Å². The lowest BCUT2D eigenvalue weighted by atomic mass is 10.3. The molecule has 8 nitrogen and oxygen atoms in total. The number of amides is 2. The quantitative estimate of drug-likeness (QED) is 0.187. The average molecular weight is 541 g/mol. The molecule has 2 N–H and O–H groups in total. The number of para-hydroxylation sites is 2. The Morgan fingerprint density at radius 2 is 0.850 bits per heavy atom. The van der Waals surface area contributed by atoms with Gasteiger partial charge in [-0.05, 0) is 61.4 Å². The van der Waals surface area contributed by atoms with E-state index < -0.39 is 0 Å². The molecule has 0 aliphatic heterocycles. The number of hydrogen-bond acceptors (Lipinski definition) is 6. The smallest absolute Gasteiger partial charge is 0.257 e. The highest BCUT2D eigenvalue weighted by molar-refractivity contribution is 5.78. The van der Waals surface area contributed by atoms with Gasteiger partial charge in [-0.15, -0.1) is 0 Å². The van der Waals surface area contributed by atoms with Gasteiger partial charge >= 0.3 is 0 Å². The van der Waals surface area contributed by atoms with Crippen LogP contribution in [0.5, 0.6) is 34.5 Å². The van der Waals surface area contributed by atoms with Crippen molar-refractivity contribution >= 4 is 11.8 Å². The summed E-state index contributed by atoms with van der Waals surface area (Å²) in [5, 5.41) is 5.64. The standard InChI is InChI=1S/C32H32N2O6/c35-31(23-37-27-15-9-17-29(21-27)39-25-11-3-1-4-12-25)33-19-7-8-20-34-32(36)24-38-28-16-10-18-30(22-28)40-26-13-5-2-6-14-26/h1-6,9-18,21-22H,7-8,19-20,23-24H2,(H,33,35)(H,34,36).